The van der Waals surface area contributed by atoms with Crippen molar-refractivity contribution in [2.45, 2.75) is 71.0 Å². The van der Waals surface area contributed by atoms with Crippen molar-refractivity contribution in [1.29, 1.82) is 0 Å². The Balaban J connectivity index is 0.768. The Hall–Kier alpha value is -6.10. The molecule has 0 spiro atoms. The van der Waals surface area contributed by atoms with E-state index in [1.165, 1.54) is 22.4 Å². The third kappa shape index (κ3) is 7.21. The predicted octanol–water partition coefficient (Wildman–Crippen LogP) is 6.32. The second kappa shape index (κ2) is 15.9. The van der Waals surface area contributed by atoms with Gasteiger partial charge in [-0.25, -0.2) is 18.3 Å². The van der Waals surface area contributed by atoms with E-state index in [1.807, 2.05) is 60.3 Å². The highest BCUT2D eigenvalue weighted by Crippen LogP contribution is 2.35. The van der Waals surface area contributed by atoms with Crippen LogP contribution in [0.15, 0.2) is 98.1 Å². The largest absolute Gasteiger partial charge is 0.384 e. The van der Waals surface area contributed by atoms with E-state index < -0.39 is 0 Å². The summed E-state index contributed by atoms with van der Waals surface area (Å²) in [4.78, 5) is 55.3. The van der Waals surface area contributed by atoms with Crippen LogP contribution >= 0.6 is 0 Å². The van der Waals surface area contributed by atoms with Crippen molar-refractivity contribution in [2.24, 2.45) is 7.05 Å². The van der Waals surface area contributed by atoms with Crippen molar-refractivity contribution in [2.75, 3.05) is 25.5 Å². The van der Waals surface area contributed by atoms with Crippen LogP contribution in [0.1, 0.15) is 91.9 Å². The molecular formula is C45H49N7O4+2. The van der Waals surface area contributed by atoms with Gasteiger partial charge in [-0.3, -0.25) is 29.0 Å². The number of rotatable bonds is 17. The lowest BCUT2D eigenvalue weighted by Gasteiger charge is -2.28. The summed E-state index contributed by atoms with van der Waals surface area (Å²) in [5.41, 5.74) is 4.50. The Morgan fingerprint density at radius 2 is 1.20 bits per heavy atom. The Kier molecular flexibility index (Phi) is 10.5. The molecule has 0 fully saturated rings. The molecule has 11 nitrogen and oxygen atoms in total. The molecule has 56 heavy (non-hydrogen) atoms. The third-order valence-electron chi connectivity index (χ3n) is 11.3. The van der Waals surface area contributed by atoms with E-state index >= 15 is 0 Å². The van der Waals surface area contributed by atoms with Crippen LogP contribution in [-0.2, 0) is 33.1 Å². The molecule has 4 amide bonds. The first kappa shape index (κ1) is 36.9. The van der Waals surface area contributed by atoms with Gasteiger partial charge in [0, 0.05) is 70.7 Å². The molecule has 4 heterocycles. The van der Waals surface area contributed by atoms with Crippen LogP contribution in [0.3, 0.4) is 0 Å². The Labute approximate surface area is 326 Å². The average molecular weight is 752 g/mol. The molecule has 2 aliphatic rings. The van der Waals surface area contributed by atoms with Gasteiger partial charge in [-0.2, -0.15) is 0 Å². The summed E-state index contributed by atoms with van der Waals surface area (Å²) in [7, 11) is 3.55. The maximum absolute atomic E-state index is 13.6. The van der Waals surface area contributed by atoms with Gasteiger partial charge < -0.3 is 5.32 Å². The van der Waals surface area contributed by atoms with E-state index in [2.05, 4.69) is 62.4 Å². The van der Waals surface area contributed by atoms with Crippen molar-refractivity contribution in [3.8, 4) is 0 Å². The van der Waals surface area contributed by atoms with E-state index in [0.29, 0.717) is 28.8 Å². The summed E-state index contributed by atoms with van der Waals surface area (Å²) in [6, 6.07) is 19.2. The molecule has 8 rings (SSSR count). The minimum absolute atomic E-state index is 0.181. The first-order valence-corrected chi connectivity index (χ1v) is 19.9. The highest BCUT2D eigenvalue weighted by atomic mass is 16.2. The number of anilines is 1. The number of hydrogen-bond donors (Lipinski definition) is 1. The van der Waals surface area contributed by atoms with Crippen molar-refractivity contribution in [3.63, 3.8) is 0 Å². The number of benzene rings is 4. The monoisotopic (exact) mass is 751 g/mol. The van der Waals surface area contributed by atoms with Crippen LogP contribution < -0.4 is 14.5 Å². The molecule has 2 aliphatic heterocycles. The van der Waals surface area contributed by atoms with Gasteiger partial charge in [-0.15, -0.1) is 0 Å². The number of nitrogens with one attached hydrogen (secondary N) is 1. The van der Waals surface area contributed by atoms with Crippen LogP contribution in [0.25, 0.3) is 21.5 Å². The van der Waals surface area contributed by atoms with Gasteiger partial charge in [-0.05, 0) is 79.8 Å². The minimum atomic E-state index is -0.268. The standard InChI is InChI=1S/C45H48N7O4/c1-47-26-27-49(30-47)23-8-5-12-32-17-18-38-40-33(32)13-9-16-36(40)44(55)52(45(38)56)25-7-4-3-6-22-50-28-29-51(31-50)24-11-21-46-39-20-19-37-41-34(39)14-10-15-35(41)42(53)48(2)43(37)54/h9-10,13-20,26-31H,3-8,11-12,21-25H2,1-2H3/q+1/p+1. The number of imide groups is 2. The third-order valence-corrected chi connectivity index (χ3v) is 11.3. The maximum Gasteiger partial charge on any atom is 0.261 e. The number of imidazole rings is 2. The van der Waals surface area contributed by atoms with Crippen LogP contribution in [0.2, 0.25) is 0 Å². The normalized spacial score (nSPS) is 13.8. The molecule has 0 aliphatic carbocycles. The molecule has 1 N–H and O–H groups in total. The van der Waals surface area contributed by atoms with Crippen molar-refractivity contribution in [1.82, 2.24) is 18.9 Å². The number of unbranched alkanes of at least 4 members (excludes halogenated alkanes) is 4. The molecule has 0 saturated carbocycles. The van der Waals surface area contributed by atoms with Crippen LogP contribution in [0, 0.1) is 0 Å². The predicted molar refractivity (Wildman–Crippen MR) is 214 cm³/mol. The first-order valence-electron chi connectivity index (χ1n) is 19.9. The maximum atomic E-state index is 13.6. The quantitative estimate of drug-likeness (QED) is 0.0669. The fourth-order valence-electron chi connectivity index (χ4n) is 8.35. The lowest BCUT2D eigenvalue weighted by Crippen LogP contribution is -2.40. The second-order valence-electron chi connectivity index (χ2n) is 15.2. The zero-order valence-electron chi connectivity index (χ0n) is 32.2. The minimum Gasteiger partial charge on any atom is -0.384 e. The highest BCUT2D eigenvalue weighted by molar-refractivity contribution is 6.27. The molecule has 2 aromatic heterocycles. The molecule has 0 saturated heterocycles. The number of carbonyl (C=O) groups excluding carboxylic acids is 4. The summed E-state index contributed by atoms with van der Waals surface area (Å²) in [5.74, 6) is -0.898. The number of aromatic nitrogens is 4. The summed E-state index contributed by atoms with van der Waals surface area (Å²) in [5, 5.41) is 6.96. The number of hydrogen-bond acceptors (Lipinski definition) is 5. The molecule has 0 bridgehead atoms. The second-order valence-corrected chi connectivity index (χ2v) is 15.2. The van der Waals surface area contributed by atoms with Crippen molar-refractivity contribution in [3.05, 3.63) is 126 Å². The topological polar surface area (TPSA) is 104 Å². The van der Waals surface area contributed by atoms with Gasteiger partial charge in [0.1, 0.15) is 24.8 Å². The van der Waals surface area contributed by atoms with Crippen LogP contribution in [0.5, 0.6) is 0 Å². The van der Waals surface area contributed by atoms with Crippen LogP contribution in [-0.4, -0.2) is 62.7 Å². The smallest absolute Gasteiger partial charge is 0.261 e. The number of aryl methyl sites for hydroxylation is 5. The lowest BCUT2D eigenvalue weighted by molar-refractivity contribution is -0.696. The van der Waals surface area contributed by atoms with E-state index in [4.69, 9.17) is 0 Å². The zero-order valence-corrected chi connectivity index (χ0v) is 32.2. The van der Waals surface area contributed by atoms with E-state index in [-0.39, 0.29) is 23.6 Å². The fraction of sp³-hybridized carbons (Fsp3) is 0.333. The molecule has 11 heteroatoms. The SMILES string of the molecule is CN1C(=O)c2cccc3c(NCCC[n+]4ccn(CCCCCCN5C(=O)c6cccc7c(CCCCn8cc[n+](C)c8)ccc(c67)C5=O)c4)ccc(c23)C1=O. The fourth-order valence-corrected chi connectivity index (χ4v) is 8.35. The van der Waals surface area contributed by atoms with Crippen LogP contribution in [0.4, 0.5) is 5.69 Å². The van der Waals surface area contributed by atoms with Gasteiger partial charge in [0.05, 0.1) is 26.7 Å². The summed E-state index contributed by atoms with van der Waals surface area (Å²) in [6.45, 7) is 3.90. The first-order chi connectivity index (χ1) is 27.3. The molecule has 286 valence electrons. The van der Waals surface area contributed by atoms with Gasteiger partial charge >= 0.3 is 0 Å². The summed E-state index contributed by atoms with van der Waals surface area (Å²) >= 11 is 0. The molecule has 0 radical (unpaired) electrons. The average Bonchev–Trinajstić information content (AvgIpc) is 3.86. The van der Waals surface area contributed by atoms with E-state index in [0.717, 1.165) is 105 Å². The molecule has 6 aromatic rings. The molecule has 4 aromatic carbocycles. The van der Waals surface area contributed by atoms with Crippen molar-refractivity contribution < 1.29 is 28.3 Å². The zero-order chi connectivity index (χ0) is 38.8. The van der Waals surface area contributed by atoms with Gasteiger partial charge in [0.2, 0.25) is 12.7 Å². The number of carbonyl (C=O) groups is 4. The highest BCUT2D eigenvalue weighted by Gasteiger charge is 2.33. The van der Waals surface area contributed by atoms with Gasteiger partial charge in [-0.1, -0.05) is 36.8 Å². The Morgan fingerprint density at radius 3 is 1.95 bits per heavy atom. The van der Waals surface area contributed by atoms with Crippen molar-refractivity contribution >= 4 is 50.9 Å². The molecule has 0 unspecified atom stereocenters. The van der Waals surface area contributed by atoms with E-state index in [9.17, 15) is 19.2 Å². The van der Waals surface area contributed by atoms with Gasteiger partial charge in [0.25, 0.3) is 23.6 Å². The number of amides is 4. The lowest BCUT2D eigenvalue weighted by atomic mass is 9.89. The Morgan fingerprint density at radius 1 is 0.589 bits per heavy atom. The molecular weight excluding hydrogens is 703 g/mol. The number of nitrogens with zero attached hydrogens (tertiary/aromatic N) is 6. The molecule has 0 atom stereocenters. The van der Waals surface area contributed by atoms with Gasteiger partial charge in [0.15, 0.2) is 0 Å². The summed E-state index contributed by atoms with van der Waals surface area (Å²) in [6.07, 6.45) is 20.2. The summed E-state index contributed by atoms with van der Waals surface area (Å²) < 4.78 is 8.63. The van der Waals surface area contributed by atoms with E-state index in [1.54, 1.807) is 6.07 Å². The Bertz CT molecular complexity index is 2440.